The number of carbonyl (C=O) groups excluding carboxylic acids is 1. The Hall–Kier alpha value is -3.42. The zero-order chi connectivity index (χ0) is 27.0. The summed E-state index contributed by atoms with van der Waals surface area (Å²) < 4.78 is 41.5. The number of carbonyl (C=O) groups is 1. The number of hydrogen-bond acceptors (Lipinski definition) is 10. The van der Waals surface area contributed by atoms with Crippen molar-refractivity contribution in [2.75, 3.05) is 18.9 Å². The number of anilines is 1. The quantitative estimate of drug-likeness (QED) is 0.208. The summed E-state index contributed by atoms with van der Waals surface area (Å²) in [5.41, 5.74) is 8.70. The van der Waals surface area contributed by atoms with Gasteiger partial charge in [0.2, 0.25) is 9.84 Å². The molecule has 1 fully saturated rings. The third-order valence-electron chi connectivity index (χ3n) is 6.07. The van der Waals surface area contributed by atoms with Gasteiger partial charge < -0.3 is 30.0 Å². The Balaban J connectivity index is 1.32. The van der Waals surface area contributed by atoms with Gasteiger partial charge in [0.05, 0.1) is 36.0 Å². The number of amides is 1. The second kappa shape index (κ2) is 12.9. The second-order valence-corrected chi connectivity index (χ2v) is 11.0. The predicted molar refractivity (Wildman–Crippen MR) is 138 cm³/mol. The lowest BCUT2D eigenvalue weighted by molar-refractivity contribution is -0.0954. The number of nitrogens with two attached hydrogens (primary N) is 1. The summed E-state index contributed by atoms with van der Waals surface area (Å²) in [6.07, 6.45) is 1.32. The Kier molecular flexibility index (Phi) is 9.37. The van der Waals surface area contributed by atoms with Crippen molar-refractivity contribution in [1.29, 1.82) is 0 Å². The number of ether oxygens (including phenoxy) is 2. The normalized spacial score (nSPS) is 19.4. The molecular weight excluding hydrogens is 514 g/mol. The monoisotopic (exact) mass is 545 g/mol. The van der Waals surface area contributed by atoms with Crippen LogP contribution in [0.3, 0.4) is 0 Å². The summed E-state index contributed by atoms with van der Waals surface area (Å²) in [6.45, 7) is 0.169. The van der Waals surface area contributed by atoms with Gasteiger partial charge in [0.25, 0.3) is 0 Å². The van der Waals surface area contributed by atoms with Gasteiger partial charge in [0.1, 0.15) is 6.26 Å². The maximum Gasteiger partial charge on any atom is 0.413 e. The summed E-state index contributed by atoms with van der Waals surface area (Å²) in [5.74, 6) is 0.236. The highest BCUT2D eigenvalue weighted by atomic mass is 32.2. The van der Waals surface area contributed by atoms with Crippen LogP contribution in [0.1, 0.15) is 18.4 Å². The van der Waals surface area contributed by atoms with E-state index < -0.39 is 39.6 Å². The first-order chi connectivity index (χ1) is 18.3. The average Bonchev–Trinajstić information content (AvgIpc) is 3.42. The van der Waals surface area contributed by atoms with Crippen molar-refractivity contribution in [2.24, 2.45) is 0 Å². The molecular formula is C26H31N3O8S. The number of benzene rings is 2. The van der Waals surface area contributed by atoms with Crippen molar-refractivity contribution < 1.29 is 37.0 Å². The highest BCUT2D eigenvalue weighted by Crippen LogP contribution is 2.26. The smallest absolute Gasteiger partial charge is 0.413 e. The molecule has 1 saturated heterocycles. The van der Waals surface area contributed by atoms with Gasteiger partial charge in [-0.25, -0.2) is 13.2 Å². The van der Waals surface area contributed by atoms with Crippen molar-refractivity contribution in [3.8, 4) is 5.75 Å². The number of aliphatic hydroxyl groups is 1. The number of nitrogen functional groups attached to an aromatic ring is 1. The molecule has 2 aromatic carbocycles. The van der Waals surface area contributed by atoms with Crippen LogP contribution in [-0.4, -0.2) is 56.5 Å². The molecule has 11 nitrogen and oxygen atoms in total. The largest absolute Gasteiger partial charge is 0.469 e. The molecule has 1 aromatic heterocycles. The number of hydroxylamine groups is 1. The van der Waals surface area contributed by atoms with Crippen LogP contribution in [0.4, 0.5) is 10.5 Å². The molecule has 38 heavy (non-hydrogen) atoms. The molecule has 0 spiro atoms. The molecule has 0 radical (unpaired) electrons. The number of nitrogens with one attached hydrogen (secondary N) is 2. The minimum atomic E-state index is -3.74. The van der Waals surface area contributed by atoms with Gasteiger partial charge >= 0.3 is 6.09 Å². The van der Waals surface area contributed by atoms with Crippen LogP contribution < -0.4 is 21.3 Å². The predicted octanol–water partition coefficient (Wildman–Crippen LogP) is 2.42. The molecule has 2 heterocycles. The van der Waals surface area contributed by atoms with Gasteiger partial charge in [-0.3, -0.25) is 4.84 Å². The molecule has 0 aliphatic carbocycles. The third-order valence-corrected chi connectivity index (χ3v) is 8.02. The second-order valence-electron chi connectivity index (χ2n) is 8.88. The molecule has 1 amide bonds. The van der Waals surface area contributed by atoms with Crippen molar-refractivity contribution >= 4 is 21.6 Å². The van der Waals surface area contributed by atoms with E-state index in [4.69, 9.17) is 24.5 Å². The summed E-state index contributed by atoms with van der Waals surface area (Å²) in [4.78, 5) is 18.2. The van der Waals surface area contributed by atoms with Gasteiger partial charge in [-0.15, -0.1) is 0 Å². The van der Waals surface area contributed by atoms with E-state index >= 15 is 0 Å². The zero-order valence-electron chi connectivity index (χ0n) is 20.6. The van der Waals surface area contributed by atoms with E-state index in [1.807, 2.05) is 30.3 Å². The first-order valence-electron chi connectivity index (χ1n) is 12.1. The van der Waals surface area contributed by atoms with E-state index in [-0.39, 0.29) is 30.2 Å². The SMILES string of the molecule is Nc1ccc(S(=O)(=O)C2CC(ONCC(O)C(Cc3ccccc3)NC(=O)Oc3ccoc3)CCO2)cc1. The fourth-order valence-electron chi connectivity index (χ4n) is 4.01. The summed E-state index contributed by atoms with van der Waals surface area (Å²) in [7, 11) is -3.74. The number of furan rings is 1. The van der Waals surface area contributed by atoms with E-state index in [1.54, 1.807) is 0 Å². The van der Waals surface area contributed by atoms with Crippen molar-refractivity contribution in [1.82, 2.24) is 10.8 Å². The minimum absolute atomic E-state index is 0.0315. The number of aliphatic hydroxyl groups excluding tert-OH is 1. The molecule has 5 N–H and O–H groups in total. The highest BCUT2D eigenvalue weighted by Gasteiger charge is 2.35. The van der Waals surface area contributed by atoms with Crippen LogP contribution in [0.25, 0.3) is 0 Å². The van der Waals surface area contributed by atoms with Crippen molar-refractivity contribution in [3.05, 3.63) is 78.8 Å². The van der Waals surface area contributed by atoms with Gasteiger partial charge in [0, 0.05) is 24.7 Å². The molecule has 4 rings (SSSR count). The lowest BCUT2D eigenvalue weighted by Gasteiger charge is -2.30. The van der Waals surface area contributed by atoms with Crippen LogP contribution in [0.15, 0.2) is 82.5 Å². The maximum atomic E-state index is 13.0. The molecule has 1 aliphatic heterocycles. The van der Waals surface area contributed by atoms with Gasteiger partial charge in [-0.05, 0) is 42.7 Å². The number of rotatable bonds is 11. The Morgan fingerprint density at radius 1 is 1.13 bits per heavy atom. The van der Waals surface area contributed by atoms with Gasteiger partial charge in [-0.2, -0.15) is 5.48 Å². The first-order valence-corrected chi connectivity index (χ1v) is 13.7. The summed E-state index contributed by atoms with van der Waals surface area (Å²) >= 11 is 0. The van der Waals surface area contributed by atoms with E-state index in [9.17, 15) is 18.3 Å². The molecule has 4 atom stereocenters. The molecule has 12 heteroatoms. The minimum Gasteiger partial charge on any atom is -0.469 e. The Morgan fingerprint density at radius 3 is 2.61 bits per heavy atom. The van der Waals surface area contributed by atoms with Crippen LogP contribution in [0.2, 0.25) is 0 Å². The van der Waals surface area contributed by atoms with Crippen LogP contribution >= 0.6 is 0 Å². The molecule has 3 aromatic rings. The molecule has 0 bridgehead atoms. The van der Waals surface area contributed by atoms with Crippen molar-refractivity contribution in [2.45, 2.75) is 47.8 Å². The van der Waals surface area contributed by atoms with E-state index in [1.165, 1.54) is 42.9 Å². The standard InChI is InChI=1S/C26H31N3O8S/c27-19-6-8-22(9-7-19)38(32,33)25-15-20(11-13-35-25)37-28-16-24(30)23(14-18-4-2-1-3-5-18)29-26(31)36-21-10-12-34-17-21/h1-10,12,17,20,23-25,28,30H,11,13-16,27H2,(H,29,31). The molecule has 204 valence electrons. The van der Waals surface area contributed by atoms with E-state index in [2.05, 4.69) is 10.8 Å². The lowest BCUT2D eigenvalue weighted by atomic mass is 10.0. The van der Waals surface area contributed by atoms with Crippen LogP contribution in [0.5, 0.6) is 5.75 Å². The van der Waals surface area contributed by atoms with E-state index in [0.29, 0.717) is 18.5 Å². The highest BCUT2D eigenvalue weighted by molar-refractivity contribution is 7.92. The molecule has 1 aliphatic rings. The lowest BCUT2D eigenvalue weighted by Crippen LogP contribution is -2.50. The Bertz CT molecular complexity index is 1250. The third kappa shape index (κ3) is 7.55. The topological polar surface area (TPSA) is 162 Å². The fourth-order valence-corrected chi connectivity index (χ4v) is 5.57. The average molecular weight is 546 g/mol. The van der Waals surface area contributed by atoms with Crippen LogP contribution in [-0.2, 0) is 25.8 Å². The molecule has 0 saturated carbocycles. The van der Waals surface area contributed by atoms with Crippen LogP contribution in [0, 0.1) is 0 Å². The molecule has 4 unspecified atom stereocenters. The van der Waals surface area contributed by atoms with Gasteiger partial charge in [-0.1, -0.05) is 30.3 Å². The number of hydrogen-bond donors (Lipinski definition) is 4. The maximum absolute atomic E-state index is 13.0. The first kappa shape index (κ1) is 27.6. The van der Waals surface area contributed by atoms with Crippen molar-refractivity contribution in [3.63, 3.8) is 0 Å². The summed E-state index contributed by atoms with van der Waals surface area (Å²) in [5, 5.41) is 13.5. The summed E-state index contributed by atoms with van der Waals surface area (Å²) in [6, 6.07) is 16.1. The zero-order valence-corrected chi connectivity index (χ0v) is 21.4. The van der Waals surface area contributed by atoms with E-state index in [0.717, 1.165) is 5.56 Å². The Morgan fingerprint density at radius 2 is 1.89 bits per heavy atom. The number of sulfone groups is 1. The fraction of sp³-hybridized carbons (Fsp3) is 0.346. The van der Waals surface area contributed by atoms with Gasteiger partial charge in [0.15, 0.2) is 11.2 Å². The Labute approximate surface area is 220 Å².